The van der Waals surface area contributed by atoms with E-state index in [1.54, 1.807) is 48.5 Å². The van der Waals surface area contributed by atoms with E-state index in [2.05, 4.69) is 6.58 Å². The minimum Gasteiger partial charge on any atom is -0.490 e. The molecular formula is C16H16O4S. The summed E-state index contributed by atoms with van der Waals surface area (Å²) in [5, 5.41) is 0. The summed E-state index contributed by atoms with van der Waals surface area (Å²) in [5.41, 5.74) is 0. The summed E-state index contributed by atoms with van der Waals surface area (Å²) >= 11 is 0. The molecule has 21 heavy (non-hydrogen) atoms. The van der Waals surface area contributed by atoms with Gasteiger partial charge in [0.2, 0.25) is 0 Å². The van der Waals surface area contributed by atoms with Crippen molar-refractivity contribution in [1.82, 2.24) is 0 Å². The summed E-state index contributed by atoms with van der Waals surface area (Å²) in [6.07, 6.45) is 2.81. The van der Waals surface area contributed by atoms with Crippen LogP contribution in [0.3, 0.4) is 0 Å². The van der Waals surface area contributed by atoms with Crippen LogP contribution >= 0.6 is 0 Å². The van der Waals surface area contributed by atoms with Gasteiger partial charge in [0.25, 0.3) is 0 Å². The van der Waals surface area contributed by atoms with Gasteiger partial charge in [-0.25, -0.2) is 8.42 Å². The number of hydrogen-bond donors (Lipinski definition) is 0. The van der Waals surface area contributed by atoms with E-state index in [1.165, 1.54) is 6.07 Å². The predicted molar refractivity (Wildman–Crippen MR) is 81.8 cm³/mol. The highest BCUT2D eigenvalue weighted by atomic mass is 32.2. The van der Waals surface area contributed by atoms with Gasteiger partial charge in [-0.3, -0.25) is 0 Å². The van der Waals surface area contributed by atoms with E-state index < -0.39 is 9.84 Å². The second-order valence-electron chi connectivity index (χ2n) is 4.39. The molecule has 0 aliphatic heterocycles. The predicted octanol–water partition coefficient (Wildman–Crippen LogP) is 3.45. The van der Waals surface area contributed by atoms with Crippen molar-refractivity contribution in [3.8, 4) is 17.2 Å². The average Bonchev–Trinajstić information content (AvgIpc) is 2.46. The van der Waals surface area contributed by atoms with Crippen LogP contribution in [0, 0.1) is 0 Å². The summed E-state index contributed by atoms with van der Waals surface area (Å²) in [5.74, 6) is 1.54. The Morgan fingerprint density at radius 1 is 1.05 bits per heavy atom. The Labute approximate surface area is 124 Å². The first kappa shape index (κ1) is 15.1. The molecule has 4 nitrogen and oxygen atoms in total. The van der Waals surface area contributed by atoms with Crippen molar-refractivity contribution < 1.29 is 17.9 Å². The number of rotatable bonds is 6. The highest BCUT2D eigenvalue weighted by Gasteiger charge is 2.14. The van der Waals surface area contributed by atoms with Crippen LogP contribution < -0.4 is 9.47 Å². The zero-order valence-electron chi connectivity index (χ0n) is 11.7. The minimum absolute atomic E-state index is 0.164. The van der Waals surface area contributed by atoms with Gasteiger partial charge in [0, 0.05) is 6.26 Å². The van der Waals surface area contributed by atoms with Crippen molar-refractivity contribution in [3.05, 3.63) is 61.2 Å². The number of para-hydroxylation sites is 1. The third-order valence-corrected chi connectivity index (χ3v) is 3.80. The molecule has 2 aromatic rings. The summed E-state index contributed by atoms with van der Waals surface area (Å²) < 4.78 is 34.4. The van der Waals surface area contributed by atoms with E-state index in [4.69, 9.17) is 9.47 Å². The maximum Gasteiger partial charge on any atom is 0.179 e. The largest absolute Gasteiger partial charge is 0.490 e. The van der Waals surface area contributed by atoms with Crippen LogP contribution in [0.15, 0.2) is 66.1 Å². The van der Waals surface area contributed by atoms with Crippen LogP contribution in [-0.2, 0) is 9.84 Å². The first-order valence-corrected chi connectivity index (χ1v) is 8.20. The van der Waals surface area contributed by atoms with Crippen LogP contribution in [0.25, 0.3) is 0 Å². The topological polar surface area (TPSA) is 52.6 Å². The van der Waals surface area contributed by atoms with E-state index in [9.17, 15) is 8.42 Å². The van der Waals surface area contributed by atoms with Crippen LogP contribution in [0.2, 0.25) is 0 Å². The standard InChI is InChI=1S/C16H16O4S/c1-3-12-19-13-8-10-14(11-9-13)20-15-6-4-5-7-16(15)21(2,17)18/h3-11H,1,12H2,2H3. The maximum absolute atomic E-state index is 11.7. The molecule has 0 amide bonds. The average molecular weight is 304 g/mol. The lowest BCUT2D eigenvalue weighted by Crippen LogP contribution is -2.00. The summed E-state index contributed by atoms with van der Waals surface area (Å²) in [6.45, 7) is 4.00. The molecule has 0 bridgehead atoms. The Kier molecular flexibility index (Phi) is 4.65. The fraction of sp³-hybridized carbons (Fsp3) is 0.125. The molecule has 0 aliphatic rings. The normalized spacial score (nSPS) is 10.9. The van der Waals surface area contributed by atoms with Gasteiger partial charge >= 0.3 is 0 Å². The van der Waals surface area contributed by atoms with E-state index in [1.807, 2.05) is 0 Å². The van der Waals surface area contributed by atoms with Gasteiger partial charge in [-0.05, 0) is 36.4 Å². The van der Waals surface area contributed by atoms with Gasteiger partial charge in [0.05, 0.1) is 0 Å². The zero-order valence-corrected chi connectivity index (χ0v) is 12.5. The monoisotopic (exact) mass is 304 g/mol. The number of ether oxygens (including phenoxy) is 2. The lowest BCUT2D eigenvalue weighted by atomic mass is 10.3. The molecule has 110 valence electrons. The van der Waals surface area contributed by atoms with Crippen LogP contribution in [-0.4, -0.2) is 21.3 Å². The molecule has 0 radical (unpaired) electrons. The van der Waals surface area contributed by atoms with Gasteiger partial charge in [0.1, 0.15) is 28.8 Å². The van der Waals surface area contributed by atoms with Crippen molar-refractivity contribution in [3.63, 3.8) is 0 Å². The third-order valence-electron chi connectivity index (χ3n) is 2.67. The zero-order chi connectivity index (χ0) is 15.3. The molecule has 0 aromatic heterocycles. The molecule has 0 spiro atoms. The fourth-order valence-corrected chi connectivity index (χ4v) is 2.53. The van der Waals surface area contributed by atoms with Crippen LogP contribution in [0.4, 0.5) is 0 Å². The molecule has 0 heterocycles. The maximum atomic E-state index is 11.7. The van der Waals surface area contributed by atoms with E-state index in [0.29, 0.717) is 23.9 Å². The first-order valence-electron chi connectivity index (χ1n) is 6.31. The molecule has 5 heteroatoms. The van der Waals surface area contributed by atoms with Gasteiger partial charge in [-0.15, -0.1) is 0 Å². The van der Waals surface area contributed by atoms with Crippen molar-refractivity contribution >= 4 is 9.84 Å². The smallest absolute Gasteiger partial charge is 0.179 e. The first-order chi connectivity index (χ1) is 10.0. The van der Waals surface area contributed by atoms with Crippen molar-refractivity contribution in [1.29, 1.82) is 0 Å². The van der Waals surface area contributed by atoms with Crippen molar-refractivity contribution in [2.45, 2.75) is 4.90 Å². The number of sulfone groups is 1. The van der Waals surface area contributed by atoms with Gasteiger partial charge < -0.3 is 9.47 Å². The molecule has 0 aliphatic carbocycles. The minimum atomic E-state index is -3.33. The molecular weight excluding hydrogens is 288 g/mol. The Balaban J connectivity index is 2.21. The van der Waals surface area contributed by atoms with E-state index >= 15 is 0 Å². The molecule has 2 aromatic carbocycles. The molecule has 0 unspecified atom stereocenters. The Bertz CT molecular complexity index is 718. The Hall–Kier alpha value is -2.27. The Morgan fingerprint density at radius 3 is 2.29 bits per heavy atom. The summed E-state index contributed by atoms with van der Waals surface area (Å²) in [6, 6.07) is 13.5. The summed E-state index contributed by atoms with van der Waals surface area (Å²) in [4.78, 5) is 0.164. The molecule has 2 rings (SSSR count). The third kappa shape index (κ3) is 4.10. The van der Waals surface area contributed by atoms with Gasteiger partial charge in [-0.2, -0.15) is 0 Å². The van der Waals surface area contributed by atoms with Crippen molar-refractivity contribution in [2.24, 2.45) is 0 Å². The molecule has 0 fully saturated rings. The van der Waals surface area contributed by atoms with Gasteiger partial charge in [0.15, 0.2) is 9.84 Å². The van der Waals surface area contributed by atoms with Crippen LogP contribution in [0.1, 0.15) is 0 Å². The fourth-order valence-electron chi connectivity index (χ4n) is 1.73. The van der Waals surface area contributed by atoms with Gasteiger partial charge in [-0.1, -0.05) is 24.8 Å². The molecule has 0 N–H and O–H groups in total. The highest BCUT2D eigenvalue weighted by molar-refractivity contribution is 7.90. The second kappa shape index (κ2) is 6.45. The number of benzene rings is 2. The second-order valence-corrected chi connectivity index (χ2v) is 6.38. The van der Waals surface area contributed by atoms with Crippen molar-refractivity contribution in [2.75, 3.05) is 12.9 Å². The number of hydrogen-bond acceptors (Lipinski definition) is 4. The van der Waals surface area contributed by atoms with E-state index in [-0.39, 0.29) is 4.90 Å². The highest BCUT2D eigenvalue weighted by Crippen LogP contribution is 2.29. The lowest BCUT2D eigenvalue weighted by molar-refractivity contribution is 0.362. The van der Waals surface area contributed by atoms with E-state index in [0.717, 1.165) is 6.26 Å². The van der Waals surface area contributed by atoms with Crippen LogP contribution in [0.5, 0.6) is 17.2 Å². The lowest BCUT2D eigenvalue weighted by Gasteiger charge is -2.10. The molecule has 0 atom stereocenters. The Morgan fingerprint density at radius 2 is 1.67 bits per heavy atom. The summed E-state index contributed by atoms with van der Waals surface area (Å²) in [7, 11) is -3.33. The quantitative estimate of drug-likeness (QED) is 0.767. The SMILES string of the molecule is C=CCOc1ccc(Oc2ccccc2S(C)(=O)=O)cc1. The molecule has 0 saturated heterocycles. The molecule has 0 saturated carbocycles.